The normalized spacial score (nSPS) is 12.0. The van der Waals surface area contributed by atoms with E-state index < -0.39 is 29.9 Å². The Morgan fingerprint density at radius 1 is 0.884 bits per heavy atom. The van der Waals surface area contributed by atoms with Gasteiger partial charge in [-0.1, -0.05) is 41.4 Å². The predicted octanol–water partition coefficient (Wildman–Crippen LogP) is 7.39. The first-order valence-electron chi connectivity index (χ1n) is 13.2. The molecule has 8 nitrogen and oxygen atoms in total. The number of carboxylic acid groups (broad SMARTS) is 1. The zero-order valence-corrected chi connectivity index (χ0v) is 24.6. The van der Waals surface area contributed by atoms with Crippen molar-refractivity contribution >= 4 is 35.3 Å². The first kappa shape index (κ1) is 33.8. The summed E-state index contributed by atoms with van der Waals surface area (Å²) in [7, 11) is 0. The third-order valence-corrected chi connectivity index (χ3v) is 6.36. The highest BCUT2D eigenvalue weighted by Gasteiger charge is 2.31. The molecule has 0 spiro atoms. The molecule has 0 saturated heterocycles. The lowest BCUT2D eigenvalue weighted by molar-refractivity contribution is -0.150. The molecule has 0 aromatic heterocycles. The van der Waals surface area contributed by atoms with Gasteiger partial charge in [0.1, 0.15) is 23.9 Å². The molecular formula is C30H30Cl2F3NO7. The van der Waals surface area contributed by atoms with E-state index in [0.717, 1.165) is 23.8 Å². The Morgan fingerprint density at radius 2 is 1.56 bits per heavy atom. The fraction of sp³-hybridized carbons (Fsp3) is 0.333. The minimum Gasteiger partial charge on any atom is -0.493 e. The third kappa shape index (κ3) is 11.5. The van der Waals surface area contributed by atoms with Gasteiger partial charge in [-0.2, -0.15) is 13.2 Å². The zero-order valence-electron chi connectivity index (χ0n) is 23.1. The van der Waals surface area contributed by atoms with Crippen molar-refractivity contribution in [3.63, 3.8) is 0 Å². The van der Waals surface area contributed by atoms with Crippen molar-refractivity contribution in [1.82, 2.24) is 4.90 Å². The molecule has 1 atom stereocenters. The lowest BCUT2D eigenvalue weighted by atomic mass is 10.1. The molecule has 13 heteroatoms. The standard InChI is InChI=1S/C30H30Cl2F3NO7/c1-2-40-27(28(37)38)15-20-7-9-24(10-8-20)42-14-12-36(11-4-13-41-26-18-22(31)17-23(32)19-26)29(39)43-25-6-3-5-21(16-25)30(33,34)35/h3,5-10,16-19,27H,2,4,11-15H2,1H3,(H,37,38). The van der Waals surface area contributed by atoms with Crippen molar-refractivity contribution < 1.29 is 46.8 Å². The summed E-state index contributed by atoms with van der Waals surface area (Å²) in [6.45, 7) is 2.40. The SMILES string of the molecule is CCOC(Cc1ccc(OCCN(CCCOc2cc(Cl)cc(Cl)c2)C(=O)Oc2cccc(C(F)(F)F)c2)cc1)C(=O)O. The zero-order chi connectivity index (χ0) is 31.4. The van der Waals surface area contributed by atoms with Crippen LogP contribution in [-0.4, -0.2) is 61.1 Å². The Hall–Kier alpha value is -3.67. The summed E-state index contributed by atoms with van der Waals surface area (Å²) in [4.78, 5) is 25.6. The number of carbonyl (C=O) groups excluding carboxylic acids is 1. The van der Waals surface area contributed by atoms with Gasteiger partial charge in [-0.05, 0) is 67.4 Å². The number of rotatable bonds is 15. The maximum Gasteiger partial charge on any atom is 0.416 e. The number of carbonyl (C=O) groups is 2. The van der Waals surface area contributed by atoms with E-state index in [4.69, 9.17) is 42.1 Å². The van der Waals surface area contributed by atoms with Gasteiger partial charge in [0.2, 0.25) is 0 Å². The van der Waals surface area contributed by atoms with Gasteiger partial charge >= 0.3 is 18.2 Å². The molecule has 0 aliphatic rings. The van der Waals surface area contributed by atoms with Gasteiger partial charge in [0.25, 0.3) is 0 Å². The highest BCUT2D eigenvalue weighted by molar-refractivity contribution is 6.34. The topological polar surface area (TPSA) is 94.5 Å². The number of aliphatic carboxylic acids is 1. The quantitative estimate of drug-likeness (QED) is 0.173. The van der Waals surface area contributed by atoms with Crippen LogP contribution in [0.5, 0.6) is 17.2 Å². The van der Waals surface area contributed by atoms with Crippen molar-refractivity contribution in [2.45, 2.75) is 32.0 Å². The highest BCUT2D eigenvalue weighted by Crippen LogP contribution is 2.31. The largest absolute Gasteiger partial charge is 0.493 e. The summed E-state index contributed by atoms with van der Waals surface area (Å²) < 4.78 is 61.2. The van der Waals surface area contributed by atoms with Crippen LogP contribution in [0.25, 0.3) is 0 Å². The number of carboxylic acids is 1. The van der Waals surface area contributed by atoms with Crippen LogP contribution in [0, 0.1) is 0 Å². The lowest BCUT2D eigenvalue weighted by Crippen LogP contribution is -2.38. The summed E-state index contributed by atoms with van der Waals surface area (Å²) in [5.74, 6) is -0.392. The Morgan fingerprint density at radius 3 is 2.19 bits per heavy atom. The van der Waals surface area contributed by atoms with E-state index in [0.29, 0.717) is 28.0 Å². The van der Waals surface area contributed by atoms with Gasteiger partial charge in [-0.25, -0.2) is 9.59 Å². The van der Waals surface area contributed by atoms with Crippen LogP contribution in [-0.2, 0) is 22.1 Å². The molecular weight excluding hydrogens is 614 g/mol. The Labute approximate surface area is 256 Å². The maximum atomic E-state index is 13.1. The molecule has 0 heterocycles. The minimum absolute atomic E-state index is 0.0402. The Balaban J connectivity index is 1.61. The van der Waals surface area contributed by atoms with E-state index in [1.165, 1.54) is 11.0 Å². The molecule has 0 fully saturated rings. The van der Waals surface area contributed by atoms with Crippen LogP contribution < -0.4 is 14.2 Å². The maximum absolute atomic E-state index is 13.1. The molecule has 3 aromatic rings. The van der Waals surface area contributed by atoms with Crippen molar-refractivity contribution in [3.05, 3.63) is 87.9 Å². The van der Waals surface area contributed by atoms with Crippen molar-refractivity contribution in [3.8, 4) is 17.2 Å². The van der Waals surface area contributed by atoms with E-state index in [1.54, 1.807) is 49.4 Å². The number of benzene rings is 3. The van der Waals surface area contributed by atoms with Crippen LogP contribution >= 0.6 is 23.2 Å². The number of ether oxygens (including phenoxy) is 4. The number of amides is 1. The number of alkyl halides is 3. The second-order valence-electron chi connectivity index (χ2n) is 9.17. The molecule has 0 bridgehead atoms. The fourth-order valence-corrected chi connectivity index (χ4v) is 4.39. The van der Waals surface area contributed by atoms with E-state index >= 15 is 0 Å². The summed E-state index contributed by atoms with van der Waals surface area (Å²) >= 11 is 12.0. The second kappa shape index (κ2) is 16.3. The number of nitrogens with zero attached hydrogens (tertiary/aromatic N) is 1. The van der Waals surface area contributed by atoms with Crippen LogP contribution in [0.3, 0.4) is 0 Å². The number of halogens is 5. The molecule has 0 radical (unpaired) electrons. The van der Waals surface area contributed by atoms with Crippen molar-refractivity contribution in [2.24, 2.45) is 0 Å². The molecule has 1 unspecified atom stereocenters. The van der Waals surface area contributed by atoms with Gasteiger partial charge in [-0.3, -0.25) is 0 Å². The molecule has 232 valence electrons. The first-order valence-corrected chi connectivity index (χ1v) is 14.0. The number of hydrogen-bond donors (Lipinski definition) is 1. The summed E-state index contributed by atoms with van der Waals surface area (Å²) in [5, 5.41) is 10.1. The molecule has 43 heavy (non-hydrogen) atoms. The molecule has 0 aliphatic carbocycles. The third-order valence-electron chi connectivity index (χ3n) is 5.92. The summed E-state index contributed by atoms with van der Waals surface area (Å²) in [6.07, 6.45) is -5.89. The van der Waals surface area contributed by atoms with Gasteiger partial charge in [0, 0.05) is 29.6 Å². The predicted molar refractivity (Wildman–Crippen MR) is 154 cm³/mol. The smallest absolute Gasteiger partial charge is 0.416 e. The van der Waals surface area contributed by atoms with E-state index in [1.807, 2.05) is 0 Å². The molecule has 3 rings (SSSR count). The van der Waals surface area contributed by atoms with E-state index in [9.17, 15) is 27.9 Å². The van der Waals surface area contributed by atoms with Crippen LogP contribution in [0.1, 0.15) is 24.5 Å². The highest BCUT2D eigenvalue weighted by atomic mass is 35.5. The molecule has 1 N–H and O–H groups in total. The fourth-order valence-electron chi connectivity index (χ4n) is 3.88. The lowest BCUT2D eigenvalue weighted by Gasteiger charge is -2.22. The van der Waals surface area contributed by atoms with Gasteiger partial charge in [-0.15, -0.1) is 0 Å². The van der Waals surface area contributed by atoms with Crippen molar-refractivity contribution in [2.75, 3.05) is 32.9 Å². The van der Waals surface area contributed by atoms with E-state index in [-0.39, 0.29) is 45.1 Å². The summed E-state index contributed by atoms with van der Waals surface area (Å²) in [6, 6.07) is 15.5. The van der Waals surface area contributed by atoms with Gasteiger partial charge in [0.15, 0.2) is 6.10 Å². The number of hydrogen-bond acceptors (Lipinski definition) is 6. The first-order chi connectivity index (χ1) is 20.4. The monoisotopic (exact) mass is 643 g/mol. The molecule has 0 aliphatic heterocycles. The Bertz CT molecular complexity index is 1340. The average Bonchev–Trinajstić information content (AvgIpc) is 2.94. The Kier molecular flexibility index (Phi) is 12.8. The van der Waals surface area contributed by atoms with Gasteiger partial charge in [0.05, 0.1) is 18.7 Å². The van der Waals surface area contributed by atoms with Crippen LogP contribution in [0.4, 0.5) is 18.0 Å². The minimum atomic E-state index is -4.59. The van der Waals surface area contributed by atoms with Crippen LogP contribution in [0.15, 0.2) is 66.7 Å². The second-order valence-corrected chi connectivity index (χ2v) is 10.0. The van der Waals surface area contributed by atoms with Crippen molar-refractivity contribution in [1.29, 1.82) is 0 Å². The molecule has 1 amide bonds. The van der Waals surface area contributed by atoms with Crippen LogP contribution in [0.2, 0.25) is 10.0 Å². The molecule has 3 aromatic carbocycles. The van der Waals surface area contributed by atoms with E-state index in [2.05, 4.69) is 0 Å². The van der Waals surface area contributed by atoms with Gasteiger partial charge < -0.3 is 29.0 Å². The molecule has 0 saturated carbocycles. The summed E-state index contributed by atoms with van der Waals surface area (Å²) in [5.41, 5.74) is -0.207. The average molecular weight is 644 g/mol.